The van der Waals surface area contributed by atoms with E-state index in [9.17, 15) is 29.4 Å². The van der Waals surface area contributed by atoms with Gasteiger partial charge in [0, 0.05) is 6.42 Å². The van der Waals surface area contributed by atoms with E-state index in [1.807, 2.05) is 0 Å². The lowest BCUT2D eigenvalue weighted by molar-refractivity contribution is -0.142. The molecule has 0 bridgehead atoms. The van der Waals surface area contributed by atoms with Crippen LogP contribution in [-0.2, 0) is 25.6 Å². The number of carbonyl (C=O) groups is 4. The lowest BCUT2D eigenvalue weighted by Gasteiger charge is -2.19. The molecule has 0 saturated carbocycles. The van der Waals surface area contributed by atoms with Crippen LogP contribution in [0.25, 0.3) is 0 Å². The third kappa shape index (κ3) is 7.74. The number of rotatable bonds is 9. The zero-order valence-corrected chi connectivity index (χ0v) is 15.1. The van der Waals surface area contributed by atoms with Crippen molar-refractivity contribution >= 4 is 23.7 Å². The summed E-state index contributed by atoms with van der Waals surface area (Å²) in [6, 6.07) is 2.93. The summed E-state index contributed by atoms with van der Waals surface area (Å²) in [7, 11) is 0. The van der Waals surface area contributed by atoms with Gasteiger partial charge in [-0.25, -0.2) is 4.79 Å². The zero-order chi connectivity index (χ0) is 20.6. The minimum absolute atomic E-state index is 0.00641. The number of aromatic hydroxyl groups is 1. The number of carboxylic acids is 1. The molecule has 148 valence electrons. The zero-order valence-electron chi connectivity index (χ0n) is 15.1. The first kappa shape index (κ1) is 21.9. The summed E-state index contributed by atoms with van der Waals surface area (Å²) in [6.07, 6.45) is 0.00641. The van der Waals surface area contributed by atoms with E-state index in [0.717, 1.165) is 0 Å². The molecule has 0 aromatic heterocycles. The maximum atomic E-state index is 12.1. The standard InChI is InChI=1S/C17H24N4O6/c1-9(18)15(24)19-8-14(23)20-10(2)16(25)21-13(17(26)27)7-11-3-5-12(22)6-4-11/h3-6,9-10,13,22H,7-8,18H2,1-2H3,(H,19,24)(H,20,23)(H,21,25)(H,26,27)/t9-,10-,13-/m0/s1. The van der Waals surface area contributed by atoms with Crippen LogP contribution in [0.15, 0.2) is 24.3 Å². The highest BCUT2D eigenvalue weighted by molar-refractivity contribution is 5.92. The third-order valence-electron chi connectivity index (χ3n) is 3.60. The van der Waals surface area contributed by atoms with Gasteiger partial charge in [0.25, 0.3) is 0 Å². The number of hydrogen-bond acceptors (Lipinski definition) is 6. The fourth-order valence-electron chi connectivity index (χ4n) is 2.05. The molecule has 3 atom stereocenters. The molecule has 1 rings (SSSR count). The van der Waals surface area contributed by atoms with Gasteiger partial charge >= 0.3 is 5.97 Å². The Morgan fingerprint density at radius 3 is 2.15 bits per heavy atom. The van der Waals surface area contributed by atoms with Crippen LogP contribution in [-0.4, -0.2) is 58.6 Å². The molecular formula is C17H24N4O6. The van der Waals surface area contributed by atoms with Crippen molar-refractivity contribution in [2.45, 2.75) is 38.4 Å². The number of nitrogens with one attached hydrogen (secondary N) is 3. The van der Waals surface area contributed by atoms with E-state index in [4.69, 9.17) is 5.73 Å². The summed E-state index contributed by atoms with van der Waals surface area (Å²) in [6.45, 7) is 2.50. The molecule has 0 heterocycles. The summed E-state index contributed by atoms with van der Waals surface area (Å²) >= 11 is 0. The number of benzene rings is 1. The summed E-state index contributed by atoms with van der Waals surface area (Å²) in [5.41, 5.74) is 5.96. The van der Waals surface area contributed by atoms with E-state index in [2.05, 4.69) is 16.0 Å². The van der Waals surface area contributed by atoms with E-state index in [1.165, 1.54) is 26.0 Å². The van der Waals surface area contributed by atoms with Crippen molar-refractivity contribution in [1.29, 1.82) is 0 Å². The van der Waals surface area contributed by atoms with Gasteiger partial charge in [-0.1, -0.05) is 12.1 Å². The van der Waals surface area contributed by atoms with Crippen LogP contribution < -0.4 is 21.7 Å². The monoisotopic (exact) mass is 380 g/mol. The number of hydrogen-bond donors (Lipinski definition) is 6. The SMILES string of the molecule is C[C@H](N)C(=O)NCC(=O)N[C@@H](C)C(=O)N[C@@H](Cc1ccc(O)cc1)C(=O)O. The Balaban J connectivity index is 2.57. The van der Waals surface area contributed by atoms with Crippen molar-refractivity contribution < 1.29 is 29.4 Å². The van der Waals surface area contributed by atoms with Crippen molar-refractivity contribution in [3.8, 4) is 5.75 Å². The quantitative estimate of drug-likeness (QED) is 0.302. The molecule has 10 heteroatoms. The third-order valence-corrected chi connectivity index (χ3v) is 3.60. The Hall–Kier alpha value is -3.14. The fourth-order valence-corrected chi connectivity index (χ4v) is 2.05. The van der Waals surface area contributed by atoms with E-state index in [0.29, 0.717) is 5.56 Å². The predicted molar refractivity (Wildman–Crippen MR) is 95.6 cm³/mol. The average Bonchev–Trinajstić information content (AvgIpc) is 2.60. The highest BCUT2D eigenvalue weighted by Crippen LogP contribution is 2.11. The number of aliphatic carboxylic acids is 1. The van der Waals surface area contributed by atoms with E-state index in [1.54, 1.807) is 12.1 Å². The second-order valence-electron chi connectivity index (χ2n) is 6.07. The minimum atomic E-state index is -1.24. The lowest BCUT2D eigenvalue weighted by Crippen LogP contribution is -2.52. The average molecular weight is 380 g/mol. The molecule has 0 aliphatic heterocycles. The normalized spacial score (nSPS) is 13.7. The Bertz CT molecular complexity index is 689. The molecule has 0 saturated heterocycles. The molecule has 27 heavy (non-hydrogen) atoms. The molecule has 1 aromatic rings. The minimum Gasteiger partial charge on any atom is -0.508 e. The topological polar surface area (TPSA) is 171 Å². The van der Waals surface area contributed by atoms with E-state index >= 15 is 0 Å². The van der Waals surface area contributed by atoms with E-state index < -0.39 is 41.8 Å². The number of amides is 3. The predicted octanol–water partition coefficient (Wildman–Crippen LogP) is -1.53. The van der Waals surface area contributed by atoms with Gasteiger partial charge in [0.15, 0.2) is 0 Å². The first-order valence-corrected chi connectivity index (χ1v) is 8.24. The van der Waals surface area contributed by atoms with Crippen molar-refractivity contribution in [3.63, 3.8) is 0 Å². The molecule has 0 fully saturated rings. The molecule has 0 aliphatic rings. The van der Waals surface area contributed by atoms with Crippen LogP contribution in [0, 0.1) is 0 Å². The molecule has 3 amide bonds. The Morgan fingerprint density at radius 2 is 1.63 bits per heavy atom. The second-order valence-corrected chi connectivity index (χ2v) is 6.07. The van der Waals surface area contributed by atoms with Crippen LogP contribution in [0.3, 0.4) is 0 Å². The first-order chi connectivity index (χ1) is 12.6. The maximum absolute atomic E-state index is 12.1. The molecule has 10 nitrogen and oxygen atoms in total. The molecule has 0 aliphatic carbocycles. The summed E-state index contributed by atoms with van der Waals surface area (Å²) < 4.78 is 0. The maximum Gasteiger partial charge on any atom is 0.326 e. The highest BCUT2D eigenvalue weighted by Gasteiger charge is 2.24. The van der Waals surface area contributed by atoms with Gasteiger partial charge in [0.05, 0.1) is 12.6 Å². The van der Waals surface area contributed by atoms with Gasteiger partial charge in [-0.05, 0) is 31.5 Å². The van der Waals surface area contributed by atoms with Crippen molar-refractivity contribution in [2.75, 3.05) is 6.54 Å². The summed E-state index contributed by atoms with van der Waals surface area (Å²) in [5, 5.41) is 25.5. The summed E-state index contributed by atoms with van der Waals surface area (Å²) in [5.74, 6) is -3.01. The van der Waals surface area contributed by atoms with Crippen LogP contribution >= 0.6 is 0 Å². The van der Waals surface area contributed by atoms with Crippen LogP contribution in [0.5, 0.6) is 5.75 Å². The number of nitrogens with two attached hydrogens (primary N) is 1. The Kier molecular flexibility index (Phi) is 8.21. The Labute approximate surface area is 156 Å². The molecule has 0 unspecified atom stereocenters. The van der Waals surface area contributed by atoms with Gasteiger partial charge in [-0.2, -0.15) is 0 Å². The van der Waals surface area contributed by atoms with Crippen molar-refractivity contribution in [2.24, 2.45) is 5.73 Å². The van der Waals surface area contributed by atoms with Crippen molar-refractivity contribution in [1.82, 2.24) is 16.0 Å². The number of carboxylic acid groups (broad SMARTS) is 1. The number of carbonyl (C=O) groups excluding carboxylic acids is 3. The highest BCUT2D eigenvalue weighted by atomic mass is 16.4. The lowest BCUT2D eigenvalue weighted by atomic mass is 10.1. The summed E-state index contributed by atoms with van der Waals surface area (Å²) in [4.78, 5) is 46.6. The molecular weight excluding hydrogens is 356 g/mol. The van der Waals surface area contributed by atoms with Crippen LogP contribution in [0.2, 0.25) is 0 Å². The number of phenolic OH excluding ortho intramolecular Hbond substituents is 1. The molecule has 0 radical (unpaired) electrons. The van der Waals surface area contributed by atoms with Crippen LogP contribution in [0.4, 0.5) is 0 Å². The smallest absolute Gasteiger partial charge is 0.326 e. The number of phenols is 1. The van der Waals surface area contributed by atoms with Gasteiger partial charge in [-0.3, -0.25) is 14.4 Å². The van der Waals surface area contributed by atoms with Gasteiger partial charge in [-0.15, -0.1) is 0 Å². The second kappa shape index (κ2) is 10.1. The largest absolute Gasteiger partial charge is 0.508 e. The Morgan fingerprint density at radius 1 is 1.04 bits per heavy atom. The van der Waals surface area contributed by atoms with Gasteiger partial charge in [0.1, 0.15) is 17.8 Å². The molecule has 7 N–H and O–H groups in total. The van der Waals surface area contributed by atoms with Gasteiger partial charge in [0.2, 0.25) is 17.7 Å². The fraction of sp³-hybridized carbons (Fsp3) is 0.412. The first-order valence-electron chi connectivity index (χ1n) is 8.24. The molecule has 0 spiro atoms. The van der Waals surface area contributed by atoms with Crippen molar-refractivity contribution in [3.05, 3.63) is 29.8 Å². The van der Waals surface area contributed by atoms with Crippen LogP contribution in [0.1, 0.15) is 19.4 Å². The molecule has 1 aromatic carbocycles. The van der Waals surface area contributed by atoms with Gasteiger partial charge < -0.3 is 31.9 Å². The van der Waals surface area contributed by atoms with E-state index in [-0.39, 0.29) is 18.7 Å².